The summed E-state index contributed by atoms with van der Waals surface area (Å²) in [5.41, 5.74) is 0. The SMILES string of the molecule is OCC1CCCN1C1CCCC(O)C1. The van der Waals surface area contributed by atoms with Crippen LogP contribution < -0.4 is 0 Å². The van der Waals surface area contributed by atoms with Gasteiger partial charge in [0.2, 0.25) is 0 Å². The van der Waals surface area contributed by atoms with Gasteiger partial charge >= 0.3 is 0 Å². The van der Waals surface area contributed by atoms with Crippen molar-refractivity contribution in [3.8, 4) is 0 Å². The van der Waals surface area contributed by atoms with Crippen molar-refractivity contribution in [1.29, 1.82) is 0 Å². The summed E-state index contributed by atoms with van der Waals surface area (Å²) < 4.78 is 0. The van der Waals surface area contributed by atoms with E-state index in [0.29, 0.717) is 12.1 Å². The molecule has 1 heterocycles. The molecule has 0 bridgehead atoms. The number of aliphatic hydroxyl groups excluding tert-OH is 2. The third-order valence-electron chi connectivity index (χ3n) is 3.72. The molecule has 1 saturated carbocycles. The number of nitrogens with zero attached hydrogens (tertiary/aromatic N) is 1. The summed E-state index contributed by atoms with van der Waals surface area (Å²) in [6.45, 7) is 1.40. The Hall–Kier alpha value is -0.120. The standard InChI is InChI=1S/C11H21NO2/c13-8-10-4-2-6-12(10)9-3-1-5-11(14)7-9/h9-11,13-14H,1-8H2. The molecule has 82 valence electrons. The molecule has 0 aromatic carbocycles. The highest BCUT2D eigenvalue weighted by Crippen LogP contribution is 2.29. The van der Waals surface area contributed by atoms with E-state index in [1.165, 1.54) is 12.8 Å². The van der Waals surface area contributed by atoms with Crippen LogP contribution in [0.25, 0.3) is 0 Å². The van der Waals surface area contributed by atoms with Gasteiger partial charge in [-0.1, -0.05) is 0 Å². The Morgan fingerprint density at radius 1 is 1.14 bits per heavy atom. The van der Waals surface area contributed by atoms with E-state index >= 15 is 0 Å². The minimum Gasteiger partial charge on any atom is -0.395 e. The van der Waals surface area contributed by atoms with Gasteiger partial charge in [0.1, 0.15) is 0 Å². The van der Waals surface area contributed by atoms with Gasteiger partial charge in [-0.25, -0.2) is 0 Å². The molecule has 2 rings (SSSR count). The highest BCUT2D eigenvalue weighted by molar-refractivity contribution is 4.87. The van der Waals surface area contributed by atoms with Crippen LogP contribution in [0.5, 0.6) is 0 Å². The van der Waals surface area contributed by atoms with Crippen molar-refractivity contribution < 1.29 is 10.2 Å². The first-order chi connectivity index (χ1) is 6.81. The van der Waals surface area contributed by atoms with Crippen molar-refractivity contribution in [3.63, 3.8) is 0 Å². The number of hydrogen-bond acceptors (Lipinski definition) is 3. The van der Waals surface area contributed by atoms with E-state index in [1.807, 2.05) is 0 Å². The smallest absolute Gasteiger partial charge is 0.0586 e. The summed E-state index contributed by atoms with van der Waals surface area (Å²) in [6, 6.07) is 0.892. The summed E-state index contributed by atoms with van der Waals surface area (Å²) in [5, 5.41) is 18.8. The van der Waals surface area contributed by atoms with Gasteiger partial charge in [-0.2, -0.15) is 0 Å². The highest BCUT2D eigenvalue weighted by Gasteiger charge is 2.32. The molecule has 2 N–H and O–H groups in total. The van der Waals surface area contributed by atoms with Crippen LogP contribution in [0.15, 0.2) is 0 Å². The molecule has 3 unspecified atom stereocenters. The van der Waals surface area contributed by atoms with Crippen molar-refractivity contribution in [2.45, 2.75) is 56.7 Å². The molecule has 3 heteroatoms. The molecule has 0 aromatic heterocycles. The van der Waals surface area contributed by atoms with Crippen LogP contribution in [-0.4, -0.2) is 46.5 Å². The molecule has 0 amide bonds. The van der Waals surface area contributed by atoms with E-state index in [9.17, 15) is 10.2 Å². The molecular formula is C11H21NO2. The first-order valence-corrected chi connectivity index (χ1v) is 5.86. The van der Waals surface area contributed by atoms with E-state index < -0.39 is 0 Å². The molecule has 1 aliphatic carbocycles. The highest BCUT2D eigenvalue weighted by atomic mass is 16.3. The predicted molar refractivity (Wildman–Crippen MR) is 55.1 cm³/mol. The molecule has 1 aliphatic heterocycles. The van der Waals surface area contributed by atoms with Crippen LogP contribution in [0, 0.1) is 0 Å². The maximum atomic E-state index is 9.61. The molecule has 0 spiro atoms. The Kier molecular flexibility index (Phi) is 3.42. The minimum atomic E-state index is -0.103. The van der Waals surface area contributed by atoms with Gasteiger partial charge in [0.25, 0.3) is 0 Å². The van der Waals surface area contributed by atoms with E-state index in [-0.39, 0.29) is 12.7 Å². The topological polar surface area (TPSA) is 43.7 Å². The lowest BCUT2D eigenvalue weighted by molar-refractivity contribution is 0.0423. The molecule has 0 aromatic rings. The number of likely N-dealkylation sites (tertiary alicyclic amines) is 1. The van der Waals surface area contributed by atoms with Crippen LogP contribution in [0.2, 0.25) is 0 Å². The second-order valence-corrected chi connectivity index (χ2v) is 4.69. The first kappa shape index (κ1) is 10.4. The molecule has 1 saturated heterocycles. The normalized spacial score (nSPS) is 40.3. The average molecular weight is 199 g/mol. The van der Waals surface area contributed by atoms with Gasteiger partial charge < -0.3 is 10.2 Å². The summed E-state index contributed by atoms with van der Waals surface area (Å²) >= 11 is 0. The van der Waals surface area contributed by atoms with Crippen molar-refractivity contribution in [2.24, 2.45) is 0 Å². The summed E-state index contributed by atoms with van der Waals surface area (Å²) in [7, 11) is 0. The van der Waals surface area contributed by atoms with Gasteiger partial charge in [0.15, 0.2) is 0 Å². The van der Waals surface area contributed by atoms with Crippen LogP contribution in [0.3, 0.4) is 0 Å². The van der Waals surface area contributed by atoms with Crippen molar-refractivity contribution in [2.75, 3.05) is 13.2 Å². The van der Waals surface area contributed by atoms with Gasteiger partial charge in [-0.05, 0) is 45.1 Å². The third kappa shape index (κ3) is 2.10. The fourth-order valence-corrected chi connectivity index (χ4v) is 2.97. The van der Waals surface area contributed by atoms with E-state index in [4.69, 9.17) is 0 Å². The zero-order valence-corrected chi connectivity index (χ0v) is 8.73. The Morgan fingerprint density at radius 3 is 2.71 bits per heavy atom. The lowest BCUT2D eigenvalue weighted by atomic mass is 9.91. The molecule has 3 atom stereocenters. The van der Waals surface area contributed by atoms with E-state index in [1.54, 1.807) is 0 Å². The van der Waals surface area contributed by atoms with Gasteiger partial charge in [-0.15, -0.1) is 0 Å². The molecule has 3 nitrogen and oxygen atoms in total. The zero-order valence-electron chi connectivity index (χ0n) is 8.73. The van der Waals surface area contributed by atoms with Crippen molar-refractivity contribution in [1.82, 2.24) is 4.90 Å². The van der Waals surface area contributed by atoms with Gasteiger partial charge in [0, 0.05) is 12.1 Å². The molecule has 2 fully saturated rings. The quantitative estimate of drug-likeness (QED) is 0.689. The Bertz CT molecular complexity index is 186. The number of aliphatic hydroxyl groups is 2. The number of rotatable bonds is 2. The fraction of sp³-hybridized carbons (Fsp3) is 1.00. The van der Waals surface area contributed by atoms with Crippen LogP contribution in [-0.2, 0) is 0 Å². The van der Waals surface area contributed by atoms with Crippen LogP contribution in [0.1, 0.15) is 38.5 Å². The second-order valence-electron chi connectivity index (χ2n) is 4.69. The molecule has 2 aliphatic rings. The van der Waals surface area contributed by atoms with Gasteiger partial charge in [-0.3, -0.25) is 4.90 Å². The summed E-state index contributed by atoms with van der Waals surface area (Å²) in [5.74, 6) is 0. The Labute approximate surface area is 85.7 Å². The average Bonchev–Trinajstić information content (AvgIpc) is 2.65. The van der Waals surface area contributed by atoms with E-state index in [2.05, 4.69) is 4.90 Å². The lowest BCUT2D eigenvalue weighted by Crippen LogP contribution is -2.44. The van der Waals surface area contributed by atoms with Crippen molar-refractivity contribution in [3.05, 3.63) is 0 Å². The zero-order chi connectivity index (χ0) is 9.97. The van der Waals surface area contributed by atoms with Crippen molar-refractivity contribution >= 4 is 0 Å². The first-order valence-electron chi connectivity index (χ1n) is 5.86. The van der Waals surface area contributed by atoms with E-state index in [0.717, 1.165) is 32.2 Å². The largest absolute Gasteiger partial charge is 0.395 e. The summed E-state index contributed by atoms with van der Waals surface area (Å²) in [4.78, 5) is 2.42. The monoisotopic (exact) mass is 199 g/mol. The summed E-state index contributed by atoms with van der Waals surface area (Å²) in [6.07, 6.45) is 6.45. The second kappa shape index (κ2) is 4.60. The fourth-order valence-electron chi connectivity index (χ4n) is 2.97. The number of hydrogen-bond donors (Lipinski definition) is 2. The minimum absolute atomic E-state index is 0.103. The van der Waals surface area contributed by atoms with Crippen LogP contribution >= 0.6 is 0 Å². The Balaban J connectivity index is 1.92. The Morgan fingerprint density at radius 2 is 2.00 bits per heavy atom. The molecule has 14 heavy (non-hydrogen) atoms. The lowest BCUT2D eigenvalue weighted by Gasteiger charge is -2.36. The van der Waals surface area contributed by atoms with Crippen LogP contribution in [0.4, 0.5) is 0 Å². The maximum absolute atomic E-state index is 9.61. The predicted octanol–water partition coefficient (Wildman–Crippen LogP) is 0.747. The maximum Gasteiger partial charge on any atom is 0.0586 e. The molecule has 0 radical (unpaired) electrons. The third-order valence-corrected chi connectivity index (χ3v) is 3.72. The molecular weight excluding hydrogens is 178 g/mol. The van der Waals surface area contributed by atoms with Gasteiger partial charge in [0.05, 0.1) is 12.7 Å².